The summed E-state index contributed by atoms with van der Waals surface area (Å²) in [5.74, 6) is 0.732. The lowest BCUT2D eigenvalue weighted by Crippen LogP contribution is -2.30. The standard InChI is InChI=1S/C26H29N3O3/c1-17(2)24-15-22(21-5-3-4-6-23(21)29-24)26(31)27-14-13-18-7-11-20(12-8-18)32-16-25(30)28-19-9-10-19/h3-8,11-12,15,17,19H,9-10,13-14,16H2,1-2H3,(H,27,31)(H,28,30). The summed E-state index contributed by atoms with van der Waals surface area (Å²) in [6.45, 7) is 4.71. The van der Waals surface area contributed by atoms with E-state index in [4.69, 9.17) is 4.74 Å². The lowest BCUT2D eigenvalue weighted by molar-refractivity contribution is -0.123. The SMILES string of the molecule is CC(C)c1cc(C(=O)NCCc2ccc(OCC(=O)NC3CC3)cc2)c2ccccc2n1. The summed E-state index contributed by atoms with van der Waals surface area (Å²) in [7, 11) is 0. The van der Waals surface area contributed by atoms with Crippen LogP contribution in [0.1, 0.15) is 54.2 Å². The van der Waals surface area contributed by atoms with E-state index in [1.807, 2.05) is 54.6 Å². The second kappa shape index (κ2) is 9.81. The molecule has 6 heteroatoms. The first-order valence-electron chi connectivity index (χ1n) is 11.2. The quantitative estimate of drug-likeness (QED) is 0.537. The van der Waals surface area contributed by atoms with E-state index in [9.17, 15) is 9.59 Å². The second-order valence-electron chi connectivity index (χ2n) is 8.55. The van der Waals surface area contributed by atoms with Crippen molar-refractivity contribution < 1.29 is 14.3 Å². The van der Waals surface area contributed by atoms with Crippen molar-refractivity contribution in [3.05, 3.63) is 71.4 Å². The van der Waals surface area contributed by atoms with Crippen LogP contribution in [0.5, 0.6) is 5.75 Å². The largest absolute Gasteiger partial charge is 0.484 e. The topological polar surface area (TPSA) is 80.3 Å². The van der Waals surface area contributed by atoms with Gasteiger partial charge in [-0.2, -0.15) is 0 Å². The Balaban J connectivity index is 1.31. The average Bonchev–Trinajstić information content (AvgIpc) is 3.61. The van der Waals surface area contributed by atoms with Crippen molar-refractivity contribution in [2.75, 3.05) is 13.2 Å². The van der Waals surface area contributed by atoms with Gasteiger partial charge in [-0.3, -0.25) is 14.6 Å². The van der Waals surface area contributed by atoms with Gasteiger partial charge in [0.2, 0.25) is 0 Å². The van der Waals surface area contributed by atoms with E-state index in [0.717, 1.165) is 35.0 Å². The Morgan fingerprint density at radius 3 is 2.56 bits per heavy atom. The number of nitrogens with zero attached hydrogens (tertiary/aromatic N) is 1. The number of nitrogens with one attached hydrogen (secondary N) is 2. The molecule has 1 saturated carbocycles. The van der Waals surface area contributed by atoms with E-state index in [2.05, 4.69) is 29.5 Å². The minimum atomic E-state index is -0.0906. The molecule has 0 aliphatic heterocycles. The molecule has 0 saturated heterocycles. The number of benzene rings is 2. The summed E-state index contributed by atoms with van der Waals surface area (Å²) in [5, 5.41) is 6.80. The van der Waals surface area contributed by atoms with Gasteiger partial charge in [0.15, 0.2) is 6.61 Å². The molecule has 4 rings (SSSR count). The number of para-hydroxylation sites is 1. The van der Waals surface area contributed by atoms with Crippen LogP contribution >= 0.6 is 0 Å². The van der Waals surface area contributed by atoms with Gasteiger partial charge in [0.25, 0.3) is 11.8 Å². The Morgan fingerprint density at radius 1 is 1.09 bits per heavy atom. The van der Waals surface area contributed by atoms with Crippen LogP contribution in [0, 0.1) is 0 Å². The van der Waals surface area contributed by atoms with E-state index in [1.165, 1.54) is 0 Å². The fourth-order valence-electron chi connectivity index (χ4n) is 3.49. The summed E-state index contributed by atoms with van der Waals surface area (Å²) in [6, 6.07) is 17.6. The smallest absolute Gasteiger partial charge is 0.258 e. The Labute approximate surface area is 188 Å². The first-order chi connectivity index (χ1) is 15.5. The minimum absolute atomic E-state index is 0.0319. The molecule has 2 amide bonds. The van der Waals surface area contributed by atoms with Crippen LogP contribution in [0.15, 0.2) is 54.6 Å². The molecule has 6 nitrogen and oxygen atoms in total. The molecule has 32 heavy (non-hydrogen) atoms. The zero-order valence-corrected chi connectivity index (χ0v) is 18.6. The Bertz CT molecular complexity index is 1110. The van der Waals surface area contributed by atoms with E-state index in [-0.39, 0.29) is 24.3 Å². The number of ether oxygens (including phenoxy) is 1. The van der Waals surface area contributed by atoms with Crippen LogP contribution < -0.4 is 15.4 Å². The summed E-state index contributed by atoms with van der Waals surface area (Å²) in [5.41, 5.74) is 3.50. The van der Waals surface area contributed by atoms with Crippen LogP contribution in [-0.4, -0.2) is 36.0 Å². The third-order valence-electron chi connectivity index (χ3n) is 5.51. The highest BCUT2D eigenvalue weighted by Crippen LogP contribution is 2.22. The third kappa shape index (κ3) is 5.63. The molecule has 2 N–H and O–H groups in total. The number of amides is 2. The highest BCUT2D eigenvalue weighted by molar-refractivity contribution is 6.06. The number of carbonyl (C=O) groups excluding carboxylic acids is 2. The van der Waals surface area contributed by atoms with Crippen molar-refractivity contribution in [2.24, 2.45) is 0 Å². The number of hydrogen-bond acceptors (Lipinski definition) is 4. The summed E-state index contributed by atoms with van der Waals surface area (Å²) in [6.07, 6.45) is 2.83. The molecule has 2 aromatic carbocycles. The van der Waals surface area contributed by atoms with Gasteiger partial charge in [-0.1, -0.05) is 44.2 Å². The van der Waals surface area contributed by atoms with Crippen molar-refractivity contribution in [1.29, 1.82) is 0 Å². The lowest BCUT2D eigenvalue weighted by Gasteiger charge is -2.12. The third-order valence-corrected chi connectivity index (χ3v) is 5.51. The zero-order valence-electron chi connectivity index (χ0n) is 18.6. The van der Waals surface area contributed by atoms with E-state index >= 15 is 0 Å². The van der Waals surface area contributed by atoms with Crippen LogP contribution in [-0.2, 0) is 11.2 Å². The summed E-state index contributed by atoms with van der Waals surface area (Å²) >= 11 is 0. The van der Waals surface area contributed by atoms with Crippen LogP contribution in [0.25, 0.3) is 10.9 Å². The fourth-order valence-corrected chi connectivity index (χ4v) is 3.49. The van der Waals surface area contributed by atoms with Gasteiger partial charge in [-0.25, -0.2) is 0 Å². The molecule has 0 radical (unpaired) electrons. The molecule has 0 spiro atoms. The summed E-state index contributed by atoms with van der Waals surface area (Å²) in [4.78, 5) is 29.3. The first kappa shape index (κ1) is 21.8. The molecule has 3 aromatic rings. The number of aromatic nitrogens is 1. The number of hydrogen-bond donors (Lipinski definition) is 2. The molecule has 1 aliphatic rings. The van der Waals surface area contributed by atoms with Gasteiger partial charge in [-0.15, -0.1) is 0 Å². The number of pyridine rings is 1. The van der Waals surface area contributed by atoms with Gasteiger partial charge < -0.3 is 15.4 Å². The van der Waals surface area contributed by atoms with Gasteiger partial charge in [0, 0.05) is 23.7 Å². The van der Waals surface area contributed by atoms with E-state index in [0.29, 0.717) is 30.3 Å². The Morgan fingerprint density at radius 2 is 1.84 bits per heavy atom. The molecule has 0 bridgehead atoms. The highest BCUT2D eigenvalue weighted by Gasteiger charge is 2.23. The summed E-state index contributed by atoms with van der Waals surface area (Å²) < 4.78 is 5.54. The number of fused-ring (bicyclic) bond motifs is 1. The molecule has 0 unspecified atom stereocenters. The maximum Gasteiger partial charge on any atom is 0.258 e. The first-order valence-corrected chi connectivity index (χ1v) is 11.2. The molecule has 166 valence electrons. The molecular formula is C26H29N3O3. The van der Waals surface area contributed by atoms with Crippen LogP contribution in [0.3, 0.4) is 0 Å². The second-order valence-corrected chi connectivity index (χ2v) is 8.55. The predicted octanol–water partition coefficient (Wildman–Crippen LogP) is 3.99. The van der Waals surface area contributed by atoms with E-state index < -0.39 is 0 Å². The van der Waals surface area contributed by atoms with Gasteiger partial charge in [0.1, 0.15) is 5.75 Å². The van der Waals surface area contributed by atoms with Crippen LogP contribution in [0.2, 0.25) is 0 Å². The van der Waals surface area contributed by atoms with Crippen molar-refractivity contribution in [3.63, 3.8) is 0 Å². The maximum absolute atomic E-state index is 12.9. The van der Waals surface area contributed by atoms with Gasteiger partial charge in [0.05, 0.1) is 11.1 Å². The molecule has 1 aliphatic carbocycles. The maximum atomic E-state index is 12.9. The molecule has 1 aromatic heterocycles. The fraction of sp³-hybridized carbons (Fsp3) is 0.346. The average molecular weight is 432 g/mol. The van der Waals surface area contributed by atoms with Crippen molar-refractivity contribution in [3.8, 4) is 5.75 Å². The van der Waals surface area contributed by atoms with Gasteiger partial charge in [-0.05, 0) is 55.0 Å². The normalized spacial score (nSPS) is 13.2. The Kier molecular flexibility index (Phi) is 6.69. The molecule has 1 fully saturated rings. The minimum Gasteiger partial charge on any atom is -0.484 e. The van der Waals surface area contributed by atoms with Crippen LogP contribution in [0.4, 0.5) is 0 Å². The lowest BCUT2D eigenvalue weighted by atomic mass is 10.0. The Hall–Kier alpha value is -3.41. The number of carbonyl (C=O) groups is 2. The number of rotatable bonds is 9. The van der Waals surface area contributed by atoms with E-state index in [1.54, 1.807) is 0 Å². The predicted molar refractivity (Wildman–Crippen MR) is 125 cm³/mol. The zero-order chi connectivity index (χ0) is 22.5. The van der Waals surface area contributed by atoms with Crippen molar-refractivity contribution in [2.45, 2.75) is 45.1 Å². The van der Waals surface area contributed by atoms with Crippen molar-refractivity contribution >= 4 is 22.7 Å². The highest BCUT2D eigenvalue weighted by atomic mass is 16.5. The molecule has 0 atom stereocenters. The monoisotopic (exact) mass is 431 g/mol. The molecular weight excluding hydrogens is 402 g/mol. The van der Waals surface area contributed by atoms with Crippen molar-refractivity contribution in [1.82, 2.24) is 15.6 Å². The van der Waals surface area contributed by atoms with Gasteiger partial charge >= 0.3 is 0 Å². The molecule has 1 heterocycles.